The largest absolute Gasteiger partial charge is 0.402 e. The van der Waals surface area contributed by atoms with Crippen molar-refractivity contribution in [2.75, 3.05) is 0 Å². The molecule has 0 radical (unpaired) electrons. The van der Waals surface area contributed by atoms with E-state index in [-0.39, 0.29) is 5.97 Å². The van der Waals surface area contributed by atoms with E-state index in [1.807, 2.05) is 0 Å². The molecule has 3 heteroatoms. The topological polar surface area (TPSA) is 26.3 Å². The summed E-state index contributed by atoms with van der Waals surface area (Å²) in [7, 11) is -2.66. The van der Waals surface area contributed by atoms with Crippen molar-refractivity contribution >= 4 is 16.3 Å². The number of carbonyl (C=O) groups is 1. The van der Waals surface area contributed by atoms with Gasteiger partial charge in [0.2, 0.25) is 0 Å². The Labute approximate surface area is 482 Å². The third-order valence-corrected chi connectivity index (χ3v) is 20.5. The van der Waals surface area contributed by atoms with Gasteiger partial charge in [0.25, 0.3) is 0 Å². The molecule has 3 aromatic carbocycles. The van der Waals surface area contributed by atoms with Crippen molar-refractivity contribution in [1.82, 2.24) is 0 Å². The van der Waals surface area contributed by atoms with E-state index in [4.69, 9.17) is 4.18 Å². The lowest BCUT2D eigenvalue weighted by Gasteiger charge is -2.47. The van der Waals surface area contributed by atoms with Crippen LogP contribution < -0.4 is 0 Å². The van der Waals surface area contributed by atoms with Gasteiger partial charge in [-0.25, -0.2) is 0 Å². The average molecular weight is 1080 g/mol. The summed E-state index contributed by atoms with van der Waals surface area (Å²) in [4.78, 5) is 19.7. The van der Waals surface area contributed by atoms with Crippen molar-refractivity contribution in [3.63, 3.8) is 0 Å². The molecular formula is C74H126O2S. The second kappa shape index (κ2) is 43.2. The normalized spacial score (nSPS) is 12.0. The van der Waals surface area contributed by atoms with Crippen LogP contribution in [-0.2, 0) is 66.8 Å². The van der Waals surface area contributed by atoms with Crippen LogP contribution in [0.4, 0.5) is 0 Å². The molecule has 0 unspecified atom stereocenters. The van der Waals surface area contributed by atoms with E-state index >= 15 is 4.79 Å². The Balaban J connectivity index is 2.92. The molecule has 77 heavy (non-hydrogen) atoms. The maximum Gasteiger partial charge on any atom is 0.313 e. The molecule has 0 heterocycles. The fourth-order valence-electron chi connectivity index (χ4n) is 12.5. The zero-order valence-corrected chi connectivity index (χ0v) is 53.8. The van der Waals surface area contributed by atoms with Crippen LogP contribution in [0.2, 0.25) is 0 Å². The second-order valence-electron chi connectivity index (χ2n) is 24.2. The Kier molecular flexibility index (Phi) is 38.6. The quantitative estimate of drug-likeness (QED) is 0.0527. The third-order valence-electron chi connectivity index (χ3n) is 16.8. The van der Waals surface area contributed by atoms with Crippen molar-refractivity contribution in [1.29, 1.82) is 0 Å². The van der Waals surface area contributed by atoms with Gasteiger partial charge in [0.1, 0.15) is 0 Å². The highest BCUT2D eigenvalue weighted by Gasteiger charge is 2.44. The van der Waals surface area contributed by atoms with Gasteiger partial charge in [0.05, 0.1) is 0 Å². The van der Waals surface area contributed by atoms with Crippen molar-refractivity contribution in [3.8, 4) is 0 Å². The summed E-state index contributed by atoms with van der Waals surface area (Å²) >= 11 is 0. The first kappa shape index (κ1) is 68.8. The lowest BCUT2D eigenvalue weighted by Crippen LogP contribution is -2.22. The molecule has 3 rings (SSSR count). The number of hydrogen-bond acceptors (Lipinski definition) is 2. The maximum atomic E-state index is 15.3. The molecule has 0 saturated heterocycles. The predicted octanol–water partition coefficient (Wildman–Crippen LogP) is 24.6. The predicted molar refractivity (Wildman–Crippen MR) is 344 cm³/mol. The Morgan fingerprint density at radius 1 is 0.273 bits per heavy atom. The van der Waals surface area contributed by atoms with Crippen LogP contribution in [0.25, 0.3) is 0 Å². The van der Waals surface area contributed by atoms with Gasteiger partial charge in [-0.15, -0.1) is 0 Å². The Morgan fingerprint density at radius 3 is 0.597 bits per heavy atom. The Bertz CT molecular complexity index is 1660. The van der Waals surface area contributed by atoms with E-state index in [9.17, 15) is 0 Å². The molecule has 0 aliphatic carbocycles. The fourth-order valence-corrected chi connectivity index (χ4v) is 16.9. The summed E-state index contributed by atoms with van der Waals surface area (Å²) in [6.45, 7) is 23.0. The summed E-state index contributed by atoms with van der Waals surface area (Å²) in [5, 5.41) is 0. The summed E-state index contributed by atoms with van der Waals surface area (Å²) in [6, 6.07) is 16.3. The van der Waals surface area contributed by atoms with Crippen LogP contribution in [0.5, 0.6) is 0 Å². The third kappa shape index (κ3) is 25.0. The molecule has 0 aliphatic heterocycles. The summed E-state index contributed by atoms with van der Waals surface area (Å²) in [5.41, 5.74) is 13.7. The van der Waals surface area contributed by atoms with Gasteiger partial charge >= 0.3 is 5.97 Å². The summed E-state index contributed by atoms with van der Waals surface area (Å²) in [6.07, 6.45) is 54.6. The number of benzene rings is 3. The van der Waals surface area contributed by atoms with E-state index in [0.717, 1.165) is 57.8 Å². The minimum atomic E-state index is -2.66. The maximum absolute atomic E-state index is 15.3. The molecular weight excluding hydrogens is 953 g/mol. The molecule has 2 nitrogen and oxygen atoms in total. The van der Waals surface area contributed by atoms with Crippen molar-refractivity contribution in [2.24, 2.45) is 0 Å². The SMILES string of the molecule is CCCCCCc1cc(CCCCCC)c(S(OC(C)=O)(c2c(CCCCCC)cc(CCCCCC)cc2CCCCCC)c2c(CCCCCC)cc(CCCCCC)cc2CCCCCC)c(CCCCCC)c1. The standard InChI is InChI=1S/C74H126O2S/c1-11-20-29-38-47-63-56-66(50-41-32-23-14-4)72(67(57-63)51-42-33-24-15-5)77(76-62(10)75,73-68(52-43-34-25-16-6)58-64(48-39-30-21-12-2)59-69(73)53-44-35-26-17-7)74-70(54-45-36-27-18-8)60-65(49-40-31-22-13-3)61-71(74)55-46-37-28-19-9/h56-61H,11-55H2,1-10H3. The molecule has 0 saturated carbocycles. The highest BCUT2D eigenvalue weighted by atomic mass is 32.3. The van der Waals surface area contributed by atoms with E-state index in [1.165, 1.54) is 296 Å². The molecule has 0 aliphatic rings. The molecule has 0 bridgehead atoms. The number of unbranched alkanes of at least 4 members (excludes halogenated alkanes) is 27. The molecule has 0 N–H and O–H groups in total. The van der Waals surface area contributed by atoms with Gasteiger partial charge in [0.15, 0.2) is 0 Å². The lowest BCUT2D eigenvalue weighted by molar-refractivity contribution is -0.131. The van der Waals surface area contributed by atoms with Gasteiger partial charge in [-0.2, -0.15) is 0 Å². The first-order valence-electron chi connectivity index (χ1n) is 34.2. The molecule has 3 aromatic rings. The Hall–Kier alpha value is -2.52. The summed E-state index contributed by atoms with van der Waals surface area (Å²) < 4.78 is 8.11. The highest BCUT2D eigenvalue weighted by molar-refractivity contribution is 8.30. The smallest absolute Gasteiger partial charge is 0.313 e. The number of rotatable bonds is 49. The fraction of sp³-hybridized carbons (Fsp3) is 0.743. The first-order chi connectivity index (χ1) is 37.7. The van der Waals surface area contributed by atoms with Gasteiger partial charge in [-0.1, -0.05) is 272 Å². The minimum Gasteiger partial charge on any atom is -0.402 e. The van der Waals surface area contributed by atoms with E-state index in [0.29, 0.717) is 0 Å². The van der Waals surface area contributed by atoms with Gasteiger partial charge in [0, 0.05) is 21.6 Å². The molecule has 0 fully saturated rings. The van der Waals surface area contributed by atoms with E-state index in [1.54, 1.807) is 6.92 Å². The molecule has 0 atom stereocenters. The van der Waals surface area contributed by atoms with E-state index in [2.05, 4.69) is 98.7 Å². The van der Waals surface area contributed by atoms with Gasteiger partial charge in [-0.3, -0.25) is 4.79 Å². The number of carbonyl (C=O) groups excluding carboxylic acids is 1. The van der Waals surface area contributed by atoms with Crippen LogP contribution in [0, 0.1) is 0 Å². The van der Waals surface area contributed by atoms with Crippen molar-refractivity contribution < 1.29 is 8.98 Å². The summed E-state index contributed by atoms with van der Waals surface area (Å²) in [5.74, 6) is -0.0903. The zero-order valence-electron chi connectivity index (χ0n) is 53.0. The number of hydrogen-bond donors (Lipinski definition) is 0. The molecule has 0 amide bonds. The van der Waals surface area contributed by atoms with Crippen molar-refractivity contribution in [3.05, 3.63) is 86.5 Å². The lowest BCUT2D eigenvalue weighted by atomic mass is 9.94. The van der Waals surface area contributed by atoms with Crippen LogP contribution in [0.15, 0.2) is 51.1 Å². The molecule has 0 aromatic heterocycles. The zero-order chi connectivity index (χ0) is 55.8. The monoisotopic (exact) mass is 1080 g/mol. The van der Waals surface area contributed by atoms with Gasteiger partial charge in [-0.05, 0) is 176 Å². The van der Waals surface area contributed by atoms with Crippen molar-refractivity contribution in [2.45, 2.75) is 373 Å². The van der Waals surface area contributed by atoms with E-state index < -0.39 is 10.3 Å². The van der Waals surface area contributed by atoms with Crippen LogP contribution in [0.3, 0.4) is 0 Å². The molecule has 0 spiro atoms. The second-order valence-corrected chi connectivity index (χ2v) is 26.7. The molecule has 440 valence electrons. The number of aryl methyl sites for hydroxylation is 9. The average Bonchev–Trinajstić information content (AvgIpc) is 3.48. The van der Waals surface area contributed by atoms with Gasteiger partial charge < -0.3 is 4.18 Å². The highest BCUT2D eigenvalue weighted by Crippen LogP contribution is 2.75. The first-order valence-corrected chi connectivity index (χ1v) is 35.8. The Morgan fingerprint density at radius 2 is 0.442 bits per heavy atom. The van der Waals surface area contributed by atoms with Crippen LogP contribution >= 0.6 is 10.3 Å². The minimum absolute atomic E-state index is 0.0903. The van der Waals surface area contributed by atoms with Crippen LogP contribution in [0.1, 0.15) is 350 Å². The van der Waals surface area contributed by atoms with Crippen LogP contribution in [-0.4, -0.2) is 5.97 Å².